The fourth-order valence-electron chi connectivity index (χ4n) is 2.29. The minimum atomic E-state index is 0.788. The van der Waals surface area contributed by atoms with Crippen molar-refractivity contribution in [3.8, 4) is 0 Å². The first kappa shape index (κ1) is 11.3. The highest BCUT2D eigenvalue weighted by atomic mass is 16.1. The molecule has 0 atom stereocenters. The van der Waals surface area contributed by atoms with Crippen molar-refractivity contribution in [3.63, 3.8) is 0 Å². The molecule has 0 aliphatic carbocycles. The lowest BCUT2D eigenvalue weighted by atomic mass is 10.1. The summed E-state index contributed by atoms with van der Waals surface area (Å²) in [5, 5.41) is 0. The summed E-state index contributed by atoms with van der Waals surface area (Å²) >= 11 is 0. The first-order valence-corrected chi connectivity index (χ1v) is 6.15. The van der Waals surface area contributed by atoms with E-state index in [0.29, 0.717) is 0 Å². The highest BCUT2D eigenvalue weighted by molar-refractivity contribution is 5.74. The average molecular weight is 217 g/mol. The maximum atomic E-state index is 10.7. The Hall–Kier alpha value is -1.15. The Morgan fingerprint density at radius 3 is 2.75 bits per heavy atom. The zero-order valence-electron chi connectivity index (χ0n) is 9.69. The number of carbonyl (C=O) groups is 1. The molecule has 0 N–H and O–H groups in total. The number of benzene rings is 1. The summed E-state index contributed by atoms with van der Waals surface area (Å²) in [6.45, 7) is 3.61. The van der Waals surface area contributed by atoms with Gasteiger partial charge < -0.3 is 4.90 Å². The molecule has 1 aromatic rings. The number of nitrogens with zero attached hydrogens (tertiary/aromatic N) is 1. The maximum absolute atomic E-state index is 10.7. The largest absolute Gasteiger partial charge is 0.303 e. The summed E-state index contributed by atoms with van der Waals surface area (Å²) in [5.74, 6) is 0. The van der Waals surface area contributed by atoms with Gasteiger partial charge in [0.15, 0.2) is 0 Å². The molecule has 2 rings (SSSR count). The fraction of sp³-hybridized carbons (Fsp3) is 0.500. The Kier molecular flexibility index (Phi) is 4.11. The summed E-state index contributed by atoms with van der Waals surface area (Å²) in [5.41, 5.74) is 2.06. The number of hydrogen-bond donors (Lipinski definition) is 0. The number of aldehydes is 1. The molecule has 1 fully saturated rings. The molecule has 1 aliphatic heterocycles. The van der Waals surface area contributed by atoms with Crippen LogP contribution in [0.4, 0.5) is 0 Å². The molecule has 2 nitrogen and oxygen atoms in total. The van der Waals surface area contributed by atoms with Crippen LogP contribution in [0.25, 0.3) is 0 Å². The van der Waals surface area contributed by atoms with Gasteiger partial charge in [0.1, 0.15) is 6.29 Å². The molecule has 1 aliphatic rings. The van der Waals surface area contributed by atoms with Crippen LogP contribution in [0, 0.1) is 0 Å². The number of carbonyl (C=O) groups excluding carboxylic acids is 1. The molecule has 1 aromatic carbocycles. The molecule has 0 unspecified atom stereocenters. The molecule has 0 radical (unpaired) electrons. The molecule has 0 saturated carbocycles. The summed E-state index contributed by atoms with van der Waals surface area (Å²) in [6, 6.07) is 7.93. The minimum Gasteiger partial charge on any atom is -0.303 e. The van der Waals surface area contributed by atoms with Crippen molar-refractivity contribution in [1.82, 2.24) is 4.90 Å². The topological polar surface area (TPSA) is 20.3 Å². The van der Waals surface area contributed by atoms with Gasteiger partial charge in [0.25, 0.3) is 0 Å². The SMILES string of the molecule is O=Cc1cccc(CCN2CCCCC2)c1. The highest BCUT2D eigenvalue weighted by Crippen LogP contribution is 2.10. The average Bonchev–Trinajstić information content (AvgIpc) is 2.38. The predicted molar refractivity (Wildman–Crippen MR) is 65.8 cm³/mol. The second kappa shape index (κ2) is 5.80. The second-order valence-corrected chi connectivity index (χ2v) is 4.52. The van der Waals surface area contributed by atoms with E-state index in [-0.39, 0.29) is 0 Å². The van der Waals surface area contributed by atoms with Gasteiger partial charge in [-0.25, -0.2) is 0 Å². The Morgan fingerprint density at radius 2 is 2.00 bits per heavy atom. The van der Waals surface area contributed by atoms with Crippen LogP contribution in [0.1, 0.15) is 35.2 Å². The zero-order valence-corrected chi connectivity index (χ0v) is 9.69. The molecule has 86 valence electrons. The molecule has 0 spiro atoms. The molecule has 0 bridgehead atoms. The Morgan fingerprint density at radius 1 is 1.19 bits per heavy atom. The molecule has 0 aromatic heterocycles. The number of likely N-dealkylation sites (tertiary alicyclic amines) is 1. The van der Waals surface area contributed by atoms with E-state index in [2.05, 4.69) is 11.0 Å². The number of rotatable bonds is 4. The summed E-state index contributed by atoms with van der Waals surface area (Å²) in [4.78, 5) is 13.2. The highest BCUT2D eigenvalue weighted by Gasteiger charge is 2.09. The van der Waals surface area contributed by atoms with Crippen molar-refractivity contribution in [2.45, 2.75) is 25.7 Å². The van der Waals surface area contributed by atoms with E-state index in [4.69, 9.17) is 0 Å². The van der Waals surface area contributed by atoms with E-state index in [0.717, 1.165) is 24.8 Å². The van der Waals surface area contributed by atoms with Crippen molar-refractivity contribution in [3.05, 3.63) is 35.4 Å². The van der Waals surface area contributed by atoms with Crippen molar-refractivity contribution in [1.29, 1.82) is 0 Å². The van der Waals surface area contributed by atoms with Crippen LogP contribution in [-0.2, 0) is 6.42 Å². The van der Waals surface area contributed by atoms with E-state index in [1.165, 1.54) is 37.9 Å². The van der Waals surface area contributed by atoms with Crippen molar-refractivity contribution >= 4 is 6.29 Å². The van der Waals surface area contributed by atoms with Crippen molar-refractivity contribution in [2.75, 3.05) is 19.6 Å². The van der Waals surface area contributed by atoms with Gasteiger partial charge in [-0.1, -0.05) is 24.6 Å². The van der Waals surface area contributed by atoms with E-state index >= 15 is 0 Å². The molecule has 2 heteroatoms. The van der Waals surface area contributed by atoms with Crippen LogP contribution in [0.3, 0.4) is 0 Å². The third kappa shape index (κ3) is 3.17. The second-order valence-electron chi connectivity index (χ2n) is 4.52. The van der Waals surface area contributed by atoms with Crippen LogP contribution >= 0.6 is 0 Å². The maximum Gasteiger partial charge on any atom is 0.150 e. The quantitative estimate of drug-likeness (QED) is 0.722. The Labute approximate surface area is 97.3 Å². The van der Waals surface area contributed by atoms with Gasteiger partial charge in [-0.05, 0) is 44.0 Å². The lowest BCUT2D eigenvalue weighted by Gasteiger charge is -2.26. The fourth-order valence-corrected chi connectivity index (χ4v) is 2.29. The van der Waals surface area contributed by atoms with Crippen molar-refractivity contribution < 1.29 is 4.79 Å². The van der Waals surface area contributed by atoms with Crippen LogP contribution in [0.5, 0.6) is 0 Å². The lowest BCUT2D eigenvalue weighted by molar-refractivity contribution is 0.112. The molecule has 1 saturated heterocycles. The van der Waals surface area contributed by atoms with Gasteiger partial charge >= 0.3 is 0 Å². The molecule has 1 heterocycles. The van der Waals surface area contributed by atoms with Crippen LogP contribution in [0.2, 0.25) is 0 Å². The van der Waals surface area contributed by atoms with E-state index in [9.17, 15) is 4.79 Å². The molecule has 16 heavy (non-hydrogen) atoms. The van der Waals surface area contributed by atoms with E-state index < -0.39 is 0 Å². The van der Waals surface area contributed by atoms with Gasteiger partial charge in [-0.2, -0.15) is 0 Å². The Balaban J connectivity index is 1.85. The summed E-state index contributed by atoms with van der Waals surface area (Å²) in [6.07, 6.45) is 6.05. The molecular weight excluding hydrogens is 198 g/mol. The summed E-state index contributed by atoms with van der Waals surface area (Å²) in [7, 11) is 0. The minimum absolute atomic E-state index is 0.788. The normalized spacial score (nSPS) is 17.2. The van der Waals surface area contributed by atoms with Crippen molar-refractivity contribution in [2.24, 2.45) is 0 Å². The number of hydrogen-bond acceptors (Lipinski definition) is 2. The first-order valence-electron chi connectivity index (χ1n) is 6.15. The van der Waals surface area contributed by atoms with Crippen LogP contribution in [0.15, 0.2) is 24.3 Å². The standard InChI is InChI=1S/C14H19NO/c16-12-14-6-4-5-13(11-14)7-10-15-8-2-1-3-9-15/h4-6,11-12H,1-3,7-10H2. The van der Waals surface area contributed by atoms with Crippen LogP contribution in [-0.4, -0.2) is 30.8 Å². The van der Waals surface area contributed by atoms with E-state index in [1.807, 2.05) is 18.2 Å². The third-order valence-electron chi connectivity index (χ3n) is 3.25. The van der Waals surface area contributed by atoms with Gasteiger partial charge in [0.2, 0.25) is 0 Å². The smallest absolute Gasteiger partial charge is 0.150 e. The predicted octanol–water partition coefficient (Wildman–Crippen LogP) is 2.53. The monoisotopic (exact) mass is 217 g/mol. The van der Waals surface area contributed by atoms with E-state index in [1.54, 1.807) is 0 Å². The van der Waals surface area contributed by atoms with Gasteiger partial charge in [0, 0.05) is 12.1 Å². The first-order chi connectivity index (χ1) is 7.88. The molecule has 0 amide bonds. The van der Waals surface area contributed by atoms with Gasteiger partial charge in [-0.15, -0.1) is 0 Å². The number of piperidine rings is 1. The summed E-state index contributed by atoms with van der Waals surface area (Å²) < 4.78 is 0. The van der Waals surface area contributed by atoms with Crippen LogP contribution < -0.4 is 0 Å². The van der Waals surface area contributed by atoms with Gasteiger partial charge in [-0.3, -0.25) is 4.79 Å². The molecular formula is C14H19NO. The van der Waals surface area contributed by atoms with Gasteiger partial charge in [0.05, 0.1) is 0 Å². The third-order valence-corrected chi connectivity index (χ3v) is 3.25. The zero-order chi connectivity index (χ0) is 11.2. The Bertz CT molecular complexity index is 342. The lowest BCUT2D eigenvalue weighted by Crippen LogP contribution is -2.31.